The summed E-state index contributed by atoms with van der Waals surface area (Å²) in [6.07, 6.45) is 0.287. The number of hydrogen-bond acceptors (Lipinski definition) is 10. The van der Waals surface area contributed by atoms with Crippen molar-refractivity contribution in [3.8, 4) is 5.75 Å². The second-order valence-electron chi connectivity index (χ2n) is 12.2. The Hall–Kier alpha value is -2.68. The molecule has 1 aromatic carbocycles. The molecule has 220 valence electrons. The Bertz CT molecular complexity index is 1350. The molecule has 0 bridgehead atoms. The van der Waals surface area contributed by atoms with Crippen LogP contribution < -0.4 is 16.0 Å². The van der Waals surface area contributed by atoms with Crippen molar-refractivity contribution in [1.82, 2.24) is 10.2 Å². The third-order valence-electron chi connectivity index (χ3n) is 8.07. The first-order chi connectivity index (χ1) is 18.9. The molecule has 0 saturated heterocycles. The van der Waals surface area contributed by atoms with E-state index in [2.05, 4.69) is 5.32 Å². The molecule has 1 unspecified atom stereocenters. The van der Waals surface area contributed by atoms with Crippen molar-refractivity contribution in [2.45, 2.75) is 57.3 Å². The van der Waals surface area contributed by atoms with Gasteiger partial charge in [0, 0.05) is 48.9 Å². The van der Waals surface area contributed by atoms with Gasteiger partial charge in [-0.15, -0.1) is 23.8 Å². The Kier molecular flexibility index (Phi) is 8.04. The Morgan fingerprint density at radius 3 is 2.30 bits per heavy atom. The number of Topliss-reactive ketones (excluding diaryl/α,β-unsaturated/α-hetero) is 2. The molecule has 1 fully saturated rings. The minimum absolute atomic E-state index is 0.0483. The highest BCUT2D eigenvalue weighted by atomic mass is 127. The van der Waals surface area contributed by atoms with Gasteiger partial charge in [-0.3, -0.25) is 19.3 Å². The highest BCUT2D eigenvalue weighted by Crippen LogP contribution is 2.54. The zero-order valence-electron chi connectivity index (χ0n) is 24.8. The van der Waals surface area contributed by atoms with Gasteiger partial charge in [-0.2, -0.15) is 0 Å². The second-order valence-corrected chi connectivity index (χ2v) is 12.2. The molecule has 1 saturated carbocycles. The van der Waals surface area contributed by atoms with Crippen molar-refractivity contribution in [1.29, 1.82) is 0.594 Å². The highest BCUT2D eigenvalue weighted by Gasteiger charge is 2.64. The van der Waals surface area contributed by atoms with E-state index in [1.165, 1.54) is 28.7 Å². The molecule has 0 spiro atoms. The summed E-state index contributed by atoms with van der Waals surface area (Å²) in [7, 11) is 6.82. The largest absolute Gasteiger partial charge is 0.508 e. The fraction of sp³-hybridized carbons (Fsp3) is 0.536. The first kappa shape index (κ1) is 30.3. The van der Waals surface area contributed by atoms with E-state index in [4.69, 9.17) is 6.33 Å². The van der Waals surface area contributed by atoms with E-state index in [1.54, 1.807) is 14.1 Å². The van der Waals surface area contributed by atoms with Gasteiger partial charge in [0.2, 0.25) is 5.78 Å². The van der Waals surface area contributed by atoms with E-state index < -0.39 is 58.0 Å². The maximum absolute atomic E-state index is 14.0. The van der Waals surface area contributed by atoms with Crippen LogP contribution in [0.5, 0.6) is 5.75 Å². The standard InChI is InChI=1S/C28H38N4O7.HI/c1-27(2,3)30-11-13-10-16(31(4)5)14-8-12-9-15-20(32(6)7)23(35)19(26(29)38)25(37)28(15,39)24(36)17(12)22(34)18(14)21(13)33;/h10,12,15,20,30,33-34,37,39H,8-9,11H2,1-7H3,(H2,29,38);1H/t12-,15-,20?,28-;/m0./s1/i/hD. The molecule has 40 heavy (non-hydrogen) atoms. The number of amides is 1. The molecular formula is C28H39IN4O7. The predicted molar refractivity (Wildman–Crippen MR) is 161 cm³/mol. The predicted octanol–water partition coefficient (Wildman–Crippen LogP) is 1.54. The van der Waals surface area contributed by atoms with Crippen LogP contribution >= 0.6 is 23.8 Å². The molecule has 11 nitrogen and oxygen atoms in total. The first-order valence-electron chi connectivity index (χ1n) is 13.3. The van der Waals surface area contributed by atoms with Crippen LogP contribution in [-0.2, 0) is 27.3 Å². The molecule has 4 rings (SSSR count). The number of phenols is 1. The maximum atomic E-state index is 14.0. The lowest BCUT2D eigenvalue weighted by Crippen LogP contribution is -2.65. The minimum Gasteiger partial charge on any atom is -0.508 e. The van der Waals surface area contributed by atoms with E-state index in [0.29, 0.717) is 11.1 Å². The fourth-order valence-corrected chi connectivity index (χ4v) is 6.24. The number of carbonyl (C=O) groups excluding carboxylic acids is 3. The number of carbonyl (C=O) groups is 3. The van der Waals surface area contributed by atoms with Crippen molar-refractivity contribution < 1.29 is 34.8 Å². The van der Waals surface area contributed by atoms with E-state index in [0.717, 1.165) is 5.69 Å². The van der Waals surface area contributed by atoms with Crippen LogP contribution in [0.25, 0.3) is 5.76 Å². The Labute approximate surface area is 251 Å². The third-order valence-corrected chi connectivity index (χ3v) is 8.07. The number of phenolic OH excluding ortho intramolecular Hbond substituents is 1. The van der Waals surface area contributed by atoms with Gasteiger partial charge in [-0.25, -0.2) is 0 Å². The maximum Gasteiger partial charge on any atom is 0.255 e. The molecule has 1 amide bonds. The molecular weight excluding hydrogens is 631 g/mol. The van der Waals surface area contributed by atoms with Gasteiger partial charge in [-0.05, 0) is 65.3 Å². The molecule has 0 aliphatic heterocycles. The number of halogens is 1. The second kappa shape index (κ2) is 10.6. The van der Waals surface area contributed by atoms with Gasteiger partial charge in [-0.1, -0.05) is 0 Å². The molecule has 4 atom stereocenters. The molecule has 7 N–H and O–H groups in total. The number of anilines is 1. The van der Waals surface area contributed by atoms with Gasteiger partial charge in [0.1, 0.15) is 23.4 Å². The molecule has 0 heterocycles. The number of aliphatic hydroxyl groups excluding tert-OH is 2. The van der Waals surface area contributed by atoms with Crippen molar-refractivity contribution >= 4 is 52.7 Å². The topological polar surface area (TPSA) is 177 Å². The molecule has 3 aliphatic rings. The quantitative estimate of drug-likeness (QED) is 0.199. The van der Waals surface area contributed by atoms with E-state index in [1.807, 2.05) is 45.8 Å². The average molecular weight is 672 g/mol. The summed E-state index contributed by atoms with van der Waals surface area (Å²) < 4.78 is 5.72. The Morgan fingerprint density at radius 1 is 1.20 bits per heavy atom. The number of benzene rings is 1. The summed E-state index contributed by atoms with van der Waals surface area (Å²) >= 11 is 1.40. The lowest BCUT2D eigenvalue weighted by Gasteiger charge is -2.50. The van der Waals surface area contributed by atoms with E-state index >= 15 is 0 Å². The third kappa shape index (κ3) is 4.78. The number of aliphatic hydroxyl groups is 3. The number of nitrogens with two attached hydrogens (primary N) is 1. The average Bonchev–Trinajstić information content (AvgIpc) is 2.85. The Balaban J connectivity index is 0.00000226. The van der Waals surface area contributed by atoms with Crippen LogP contribution in [-0.4, -0.2) is 88.8 Å². The van der Waals surface area contributed by atoms with Gasteiger partial charge in [0.05, 0.1) is 11.6 Å². The van der Waals surface area contributed by atoms with Crippen LogP contribution in [0.1, 0.15) is 43.9 Å². The van der Waals surface area contributed by atoms with Gasteiger partial charge in [0.25, 0.3) is 5.91 Å². The summed E-state index contributed by atoms with van der Waals surface area (Å²) in [5, 5.41) is 48.9. The smallest absolute Gasteiger partial charge is 0.255 e. The SMILES string of the molecule is CN(C)c1cc(CNC(C)(C)C)c(O)c2c1C[C@H]1C[C@H]3C(N(C)C)C(=O)C(C(N)=O)=C(O)[C@@]3(O)C(=O)C1=C2O.[2H]I. The van der Waals surface area contributed by atoms with Crippen LogP contribution in [0.3, 0.4) is 0 Å². The summed E-state index contributed by atoms with van der Waals surface area (Å²) in [5.41, 5.74) is 3.44. The number of aromatic hydroxyl groups is 1. The summed E-state index contributed by atoms with van der Waals surface area (Å²) in [5.74, 6) is -6.57. The summed E-state index contributed by atoms with van der Waals surface area (Å²) in [4.78, 5) is 42.7. The summed E-state index contributed by atoms with van der Waals surface area (Å²) in [6, 6.07) is 0.724. The van der Waals surface area contributed by atoms with Crippen LogP contribution in [0.15, 0.2) is 23.0 Å². The van der Waals surface area contributed by atoms with Crippen LogP contribution in [0.4, 0.5) is 5.69 Å². The molecule has 3 aliphatic carbocycles. The molecule has 0 aromatic heterocycles. The number of primary amides is 1. The highest BCUT2D eigenvalue weighted by molar-refractivity contribution is 14.0. The monoisotopic (exact) mass is 671 g/mol. The zero-order valence-corrected chi connectivity index (χ0v) is 26.0. The normalized spacial score (nSPS) is 26.4. The van der Waals surface area contributed by atoms with Gasteiger partial charge >= 0.3 is 0 Å². The zero-order chi connectivity index (χ0) is 31.4. The minimum atomic E-state index is -2.66. The van der Waals surface area contributed by atoms with E-state index in [9.17, 15) is 34.8 Å². The molecule has 12 heteroatoms. The van der Waals surface area contributed by atoms with Gasteiger partial charge < -0.3 is 36.4 Å². The van der Waals surface area contributed by atoms with Crippen molar-refractivity contribution in [3.05, 3.63) is 39.7 Å². The number of nitrogens with one attached hydrogen (secondary N) is 1. The van der Waals surface area contributed by atoms with Gasteiger partial charge in [0.15, 0.2) is 11.4 Å². The van der Waals surface area contributed by atoms with Crippen molar-refractivity contribution in [2.75, 3.05) is 33.1 Å². The summed E-state index contributed by atoms with van der Waals surface area (Å²) in [6.45, 7) is 6.22. The number of hydrogen-bond donors (Lipinski definition) is 6. The fourth-order valence-electron chi connectivity index (χ4n) is 6.24. The number of rotatable bonds is 5. The molecule has 0 radical (unpaired) electrons. The first-order valence-corrected chi connectivity index (χ1v) is 12.9. The lowest BCUT2D eigenvalue weighted by atomic mass is 9.57. The lowest BCUT2D eigenvalue weighted by molar-refractivity contribution is -0.153. The molecule has 1 aromatic rings. The van der Waals surface area contributed by atoms with Crippen molar-refractivity contribution in [2.24, 2.45) is 17.6 Å². The number of likely N-dealkylation sites (N-methyl/N-ethyl adjacent to an activating group) is 1. The van der Waals surface area contributed by atoms with Crippen LogP contribution in [0.2, 0.25) is 0 Å². The van der Waals surface area contributed by atoms with E-state index in [-0.39, 0.29) is 41.8 Å². The number of nitrogens with zero attached hydrogens (tertiary/aromatic N) is 2. The van der Waals surface area contributed by atoms with Crippen molar-refractivity contribution in [3.63, 3.8) is 0 Å². The number of fused-ring (bicyclic) bond motifs is 3. The number of ketones is 2. The van der Waals surface area contributed by atoms with Crippen LogP contribution in [0, 0.1) is 11.8 Å². The Morgan fingerprint density at radius 2 is 1.80 bits per heavy atom.